The number of methoxy groups -OCH3 is 1. The summed E-state index contributed by atoms with van der Waals surface area (Å²) in [6, 6.07) is 7.46. The number of aryl methyl sites for hydroxylation is 2. The van der Waals surface area contributed by atoms with Crippen LogP contribution in [0.15, 0.2) is 24.3 Å². The van der Waals surface area contributed by atoms with Gasteiger partial charge in [0.25, 0.3) is 0 Å². The van der Waals surface area contributed by atoms with Gasteiger partial charge in [-0.2, -0.15) is 5.10 Å². The Bertz CT molecular complexity index is 549. The van der Waals surface area contributed by atoms with Gasteiger partial charge in [-0.25, -0.2) is 4.68 Å². The Morgan fingerprint density at radius 3 is 2.67 bits per heavy atom. The minimum atomic E-state index is 0.413. The summed E-state index contributed by atoms with van der Waals surface area (Å²) in [6.07, 6.45) is 0. The molecule has 0 spiro atoms. The van der Waals surface area contributed by atoms with E-state index in [-0.39, 0.29) is 0 Å². The highest BCUT2D eigenvalue weighted by Gasteiger charge is 2.09. The highest BCUT2D eigenvalue weighted by atomic mass is 16.5. The van der Waals surface area contributed by atoms with E-state index >= 15 is 0 Å². The first kappa shape index (κ1) is 12.4. The van der Waals surface area contributed by atoms with Crippen molar-refractivity contribution in [3.05, 3.63) is 35.5 Å². The maximum Gasteiger partial charge on any atom is 0.217 e. The van der Waals surface area contributed by atoms with Crippen molar-refractivity contribution in [2.75, 3.05) is 7.11 Å². The number of nitrogens with zero attached hydrogens (tertiary/aromatic N) is 2. The lowest BCUT2D eigenvalue weighted by molar-refractivity contribution is 0.400. The van der Waals surface area contributed by atoms with Gasteiger partial charge in [-0.3, -0.25) is 0 Å². The van der Waals surface area contributed by atoms with Crippen molar-refractivity contribution in [2.45, 2.75) is 13.5 Å². The summed E-state index contributed by atoms with van der Waals surface area (Å²) in [6.45, 7) is 2.33. The summed E-state index contributed by atoms with van der Waals surface area (Å²) in [5.41, 5.74) is 7.53. The van der Waals surface area contributed by atoms with Crippen LogP contribution in [0.2, 0.25) is 0 Å². The number of hydrogen-bond donors (Lipinski definition) is 1. The lowest BCUT2D eigenvalue weighted by atomic mass is 10.2. The highest BCUT2D eigenvalue weighted by molar-refractivity contribution is 5.42. The van der Waals surface area contributed by atoms with Crippen LogP contribution in [0.1, 0.15) is 11.3 Å². The van der Waals surface area contributed by atoms with Crippen molar-refractivity contribution < 1.29 is 9.47 Å². The Hall–Kier alpha value is -2.01. The summed E-state index contributed by atoms with van der Waals surface area (Å²) in [5.74, 6) is 2.11. The Morgan fingerprint density at radius 1 is 1.33 bits per heavy atom. The molecule has 18 heavy (non-hydrogen) atoms. The fourth-order valence-electron chi connectivity index (χ4n) is 1.72. The van der Waals surface area contributed by atoms with Crippen molar-refractivity contribution in [3.63, 3.8) is 0 Å². The van der Waals surface area contributed by atoms with Crippen molar-refractivity contribution in [1.29, 1.82) is 0 Å². The second kappa shape index (κ2) is 5.10. The molecule has 1 aromatic carbocycles. The van der Waals surface area contributed by atoms with E-state index in [0.717, 1.165) is 17.0 Å². The molecule has 0 radical (unpaired) electrons. The number of nitrogens with two attached hydrogens (primary N) is 1. The van der Waals surface area contributed by atoms with E-state index in [1.807, 2.05) is 38.2 Å². The number of benzene rings is 1. The summed E-state index contributed by atoms with van der Waals surface area (Å²) in [5, 5.41) is 4.23. The minimum Gasteiger partial charge on any atom is -0.497 e. The summed E-state index contributed by atoms with van der Waals surface area (Å²) in [4.78, 5) is 0. The van der Waals surface area contributed by atoms with E-state index in [0.29, 0.717) is 18.2 Å². The Balaban J connectivity index is 2.35. The zero-order valence-corrected chi connectivity index (χ0v) is 10.8. The van der Waals surface area contributed by atoms with Crippen LogP contribution >= 0.6 is 0 Å². The molecule has 0 bridgehead atoms. The molecular formula is C13H17N3O2. The molecule has 1 aromatic heterocycles. The van der Waals surface area contributed by atoms with Gasteiger partial charge in [0, 0.05) is 31.3 Å². The quantitative estimate of drug-likeness (QED) is 0.897. The summed E-state index contributed by atoms with van der Waals surface area (Å²) >= 11 is 0. The molecule has 1 heterocycles. The molecule has 0 aliphatic carbocycles. The largest absolute Gasteiger partial charge is 0.497 e. The standard InChI is InChI=1S/C13H17N3O2/c1-9-6-13(16(2)15-9)18-12-7-11(17-3)5-4-10(12)8-14/h4-7H,8,14H2,1-3H3. The smallest absolute Gasteiger partial charge is 0.217 e. The molecule has 0 saturated heterocycles. The van der Waals surface area contributed by atoms with Gasteiger partial charge in [0.05, 0.1) is 12.8 Å². The van der Waals surface area contributed by atoms with Crippen LogP contribution in [-0.4, -0.2) is 16.9 Å². The van der Waals surface area contributed by atoms with E-state index in [1.54, 1.807) is 11.8 Å². The fraction of sp³-hybridized carbons (Fsp3) is 0.308. The second-order valence-electron chi connectivity index (χ2n) is 4.03. The second-order valence-corrected chi connectivity index (χ2v) is 4.03. The molecule has 0 aliphatic rings. The van der Waals surface area contributed by atoms with Gasteiger partial charge in [-0.05, 0) is 13.0 Å². The molecule has 0 fully saturated rings. The molecular weight excluding hydrogens is 230 g/mol. The lowest BCUT2D eigenvalue weighted by Gasteiger charge is -2.11. The average Bonchev–Trinajstić information content (AvgIpc) is 2.67. The highest BCUT2D eigenvalue weighted by Crippen LogP contribution is 2.29. The van der Waals surface area contributed by atoms with Gasteiger partial charge in [-0.1, -0.05) is 6.07 Å². The SMILES string of the molecule is COc1ccc(CN)c(Oc2cc(C)nn2C)c1. The van der Waals surface area contributed by atoms with Crippen LogP contribution in [0, 0.1) is 6.92 Å². The third-order valence-electron chi connectivity index (χ3n) is 2.67. The number of rotatable bonds is 4. The molecule has 0 amide bonds. The van der Waals surface area contributed by atoms with Crippen LogP contribution in [0.25, 0.3) is 0 Å². The average molecular weight is 247 g/mol. The van der Waals surface area contributed by atoms with E-state index < -0.39 is 0 Å². The van der Waals surface area contributed by atoms with Crippen molar-refractivity contribution in [1.82, 2.24) is 9.78 Å². The van der Waals surface area contributed by atoms with E-state index in [4.69, 9.17) is 15.2 Å². The maximum absolute atomic E-state index is 5.83. The van der Waals surface area contributed by atoms with Crippen molar-refractivity contribution in [3.8, 4) is 17.4 Å². The number of ether oxygens (including phenoxy) is 2. The topological polar surface area (TPSA) is 62.3 Å². The van der Waals surface area contributed by atoms with Gasteiger partial charge < -0.3 is 15.2 Å². The first-order chi connectivity index (χ1) is 8.63. The third kappa shape index (κ3) is 2.46. The van der Waals surface area contributed by atoms with E-state index in [2.05, 4.69) is 5.10 Å². The molecule has 5 heteroatoms. The van der Waals surface area contributed by atoms with Gasteiger partial charge in [-0.15, -0.1) is 0 Å². The van der Waals surface area contributed by atoms with Crippen LogP contribution in [0.3, 0.4) is 0 Å². The molecule has 0 aliphatic heterocycles. The molecule has 0 atom stereocenters. The Labute approximate surface area is 106 Å². The molecule has 2 N–H and O–H groups in total. The van der Waals surface area contributed by atoms with Gasteiger partial charge in [0.2, 0.25) is 5.88 Å². The van der Waals surface area contributed by atoms with E-state index in [1.165, 1.54) is 0 Å². The first-order valence-corrected chi connectivity index (χ1v) is 5.69. The molecule has 2 aromatic rings. The fourth-order valence-corrected chi connectivity index (χ4v) is 1.72. The number of hydrogen-bond acceptors (Lipinski definition) is 4. The molecule has 5 nitrogen and oxygen atoms in total. The van der Waals surface area contributed by atoms with Crippen molar-refractivity contribution in [2.24, 2.45) is 12.8 Å². The first-order valence-electron chi connectivity index (χ1n) is 5.69. The van der Waals surface area contributed by atoms with Crippen LogP contribution < -0.4 is 15.2 Å². The zero-order chi connectivity index (χ0) is 13.1. The van der Waals surface area contributed by atoms with Crippen LogP contribution in [0.5, 0.6) is 17.4 Å². The van der Waals surface area contributed by atoms with Gasteiger partial charge >= 0.3 is 0 Å². The van der Waals surface area contributed by atoms with Gasteiger partial charge in [0.15, 0.2) is 0 Å². The van der Waals surface area contributed by atoms with Crippen molar-refractivity contribution >= 4 is 0 Å². The minimum absolute atomic E-state index is 0.413. The molecule has 0 unspecified atom stereocenters. The predicted molar refractivity (Wildman–Crippen MR) is 68.9 cm³/mol. The summed E-state index contributed by atoms with van der Waals surface area (Å²) < 4.78 is 12.7. The predicted octanol–water partition coefficient (Wildman–Crippen LogP) is 1.99. The number of aromatic nitrogens is 2. The molecule has 0 saturated carbocycles. The van der Waals surface area contributed by atoms with Crippen LogP contribution in [-0.2, 0) is 13.6 Å². The summed E-state index contributed by atoms with van der Waals surface area (Å²) in [7, 11) is 3.46. The monoisotopic (exact) mass is 247 g/mol. The van der Waals surface area contributed by atoms with Crippen LogP contribution in [0.4, 0.5) is 0 Å². The third-order valence-corrected chi connectivity index (χ3v) is 2.67. The molecule has 96 valence electrons. The molecule has 2 rings (SSSR count). The lowest BCUT2D eigenvalue weighted by Crippen LogP contribution is -2.02. The Kier molecular flexibility index (Phi) is 3.53. The maximum atomic E-state index is 5.83. The normalized spacial score (nSPS) is 10.4. The zero-order valence-electron chi connectivity index (χ0n) is 10.8. The Morgan fingerprint density at radius 2 is 2.11 bits per heavy atom. The van der Waals surface area contributed by atoms with E-state index in [9.17, 15) is 0 Å². The van der Waals surface area contributed by atoms with Gasteiger partial charge in [0.1, 0.15) is 11.5 Å².